The minimum atomic E-state index is -0.447. The Hall–Kier alpha value is -0.340. The fourth-order valence-corrected chi connectivity index (χ4v) is 12.4. The molecule has 222 valence electrons. The van der Waals surface area contributed by atoms with Gasteiger partial charge in [-0.2, -0.15) is 11.8 Å². The maximum Gasteiger partial charge on any atom is 0.330 e. The second-order valence-electron chi connectivity index (χ2n) is 8.84. The molecule has 0 N–H and O–H groups in total. The highest BCUT2D eigenvalue weighted by molar-refractivity contribution is 8.21. The van der Waals surface area contributed by atoms with Gasteiger partial charge < -0.3 is 18.9 Å². The fraction of sp³-hybridized carbons (Fsp3) is 0.571. The molecule has 2 heterocycles. The third kappa shape index (κ3) is 13.3. The molecular weight excluding hydrogens is 625 g/mol. The maximum absolute atomic E-state index is 11.8. The van der Waals surface area contributed by atoms with Gasteiger partial charge in [-0.25, -0.2) is 9.59 Å². The van der Waals surface area contributed by atoms with E-state index in [0.29, 0.717) is 34.7 Å². The minimum absolute atomic E-state index is 0.288. The molecule has 6 nitrogen and oxygen atoms in total. The lowest BCUT2D eigenvalue weighted by molar-refractivity contribution is -0.146. The zero-order valence-electron chi connectivity index (χ0n) is 22.7. The zero-order valence-corrected chi connectivity index (χ0v) is 27.6. The highest BCUT2D eigenvalue weighted by Gasteiger charge is 2.25. The summed E-state index contributed by atoms with van der Waals surface area (Å²) in [6, 6.07) is 8.05. The molecule has 1 aromatic carbocycles. The molecule has 3 atom stereocenters. The van der Waals surface area contributed by atoms with Gasteiger partial charge in [0.1, 0.15) is 17.6 Å². The van der Waals surface area contributed by atoms with Crippen LogP contribution in [0.4, 0.5) is 0 Å². The third-order valence-corrected chi connectivity index (χ3v) is 15.1. The lowest BCUT2D eigenvalue weighted by Gasteiger charge is -2.24. The van der Waals surface area contributed by atoms with Crippen LogP contribution in [-0.4, -0.2) is 85.6 Å². The van der Waals surface area contributed by atoms with Crippen molar-refractivity contribution in [1.82, 2.24) is 0 Å². The van der Waals surface area contributed by atoms with Crippen LogP contribution in [0.25, 0.3) is 0 Å². The van der Waals surface area contributed by atoms with Crippen molar-refractivity contribution in [2.75, 3.05) is 46.9 Å². The Morgan fingerprint density at radius 3 is 2.20 bits per heavy atom. The summed E-state index contributed by atoms with van der Waals surface area (Å²) in [5, 5.41) is 0. The number of benzene rings is 1. The fourth-order valence-electron chi connectivity index (χ4n) is 3.71. The molecule has 0 amide bonds. The van der Waals surface area contributed by atoms with Crippen LogP contribution in [0, 0.1) is 0 Å². The van der Waals surface area contributed by atoms with Gasteiger partial charge in [-0.15, -0.1) is 58.8 Å². The first-order valence-corrected chi connectivity index (χ1v) is 19.5. The van der Waals surface area contributed by atoms with Gasteiger partial charge in [0.05, 0.1) is 29.0 Å². The van der Waals surface area contributed by atoms with E-state index in [1.807, 2.05) is 72.2 Å². The van der Waals surface area contributed by atoms with Crippen molar-refractivity contribution in [2.45, 2.75) is 46.9 Å². The van der Waals surface area contributed by atoms with Crippen LogP contribution in [0.5, 0.6) is 0 Å². The first kappa shape index (κ1) is 34.2. The molecule has 3 rings (SSSR count). The molecule has 2 aliphatic rings. The van der Waals surface area contributed by atoms with E-state index in [1.54, 1.807) is 23.5 Å². The molecule has 0 aromatic heterocycles. The molecule has 12 heteroatoms. The summed E-state index contributed by atoms with van der Waals surface area (Å²) in [6.07, 6.45) is 1.64. The van der Waals surface area contributed by atoms with Crippen molar-refractivity contribution in [3.05, 3.63) is 60.7 Å². The van der Waals surface area contributed by atoms with E-state index in [4.69, 9.17) is 18.9 Å². The Morgan fingerprint density at radius 1 is 0.950 bits per heavy atom. The third-order valence-electron chi connectivity index (χ3n) is 5.62. The molecule has 0 radical (unpaired) electrons. The summed E-state index contributed by atoms with van der Waals surface area (Å²) in [4.78, 5) is 23.6. The minimum Gasteiger partial charge on any atom is -0.456 e. The average molecular weight is 663 g/mol. The Morgan fingerprint density at radius 2 is 1.55 bits per heavy atom. The Balaban J connectivity index is 1.48. The van der Waals surface area contributed by atoms with Crippen molar-refractivity contribution in [3.8, 4) is 0 Å². The predicted molar refractivity (Wildman–Crippen MR) is 178 cm³/mol. The molecule has 2 fully saturated rings. The lowest BCUT2D eigenvalue weighted by atomic mass is 10.1. The van der Waals surface area contributed by atoms with Crippen LogP contribution in [0.2, 0.25) is 0 Å². The molecule has 0 bridgehead atoms. The van der Waals surface area contributed by atoms with Crippen molar-refractivity contribution in [3.63, 3.8) is 0 Å². The molecule has 1 aromatic rings. The van der Waals surface area contributed by atoms with Crippen molar-refractivity contribution in [1.29, 1.82) is 0 Å². The van der Waals surface area contributed by atoms with Crippen LogP contribution in [-0.2, 0) is 41.8 Å². The summed E-state index contributed by atoms with van der Waals surface area (Å²) in [7, 11) is 0. The number of carbonyl (C=O) groups excluding carboxylic acids is 2. The van der Waals surface area contributed by atoms with E-state index in [-0.39, 0.29) is 11.5 Å². The predicted octanol–water partition coefficient (Wildman–Crippen LogP) is 6.34. The van der Waals surface area contributed by atoms with Gasteiger partial charge in [0.15, 0.2) is 0 Å². The maximum atomic E-state index is 11.8. The molecule has 0 aliphatic carbocycles. The number of rotatable bonds is 19. The normalized spacial score (nSPS) is 18.2. The lowest BCUT2D eigenvalue weighted by Crippen LogP contribution is -2.29. The van der Waals surface area contributed by atoms with Crippen LogP contribution in [0.1, 0.15) is 18.1 Å². The Bertz CT molecular complexity index is 938. The SMILES string of the molecule is C=CC(=O)OC(COCc1cccc(COC(SCC2SCCS2)C(C)OC(=O)C=C)c1)CSCC1SCCS1. The monoisotopic (exact) mass is 662 g/mol. The van der Waals surface area contributed by atoms with Gasteiger partial charge in [0.25, 0.3) is 0 Å². The van der Waals surface area contributed by atoms with E-state index in [9.17, 15) is 9.59 Å². The van der Waals surface area contributed by atoms with Crippen molar-refractivity contribution < 1.29 is 28.5 Å². The van der Waals surface area contributed by atoms with Gasteiger partial charge in [0, 0.05) is 52.4 Å². The number of hydrogen-bond donors (Lipinski definition) is 0. The molecule has 40 heavy (non-hydrogen) atoms. The summed E-state index contributed by atoms with van der Waals surface area (Å²) in [6.45, 7) is 9.98. The zero-order chi connectivity index (χ0) is 28.6. The summed E-state index contributed by atoms with van der Waals surface area (Å²) in [5.41, 5.74) is 1.73. The van der Waals surface area contributed by atoms with Gasteiger partial charge in [-0.3, -0.25) is 0 Å². The van der Waals surface area contributed by atoms with E-state index in [0.717, 1.165) is 22.6 Å². The Kier molecular flexibility index (Phi) is 16.9. The van der Waals surface area contributed by atoms with Gasteiger partial charge in [0.2, 0.25) is 0 Å². The van der Waals surface area contributed by atoms with E-state index < -0.39 is 18.0 Å². The number of thioether (sulfide) groups is 6. The average Bonchev–Trinajstić information content (AvgIpc) is 3.68. The highest BCUT2D eigenvalue weighted by atomic mass is 32.2. The standard InChI is InChI=1S/C28H38O6S6/c1-4-24(29)33-20(3)28(40-19-27-38-11-12-39-27)32-15-22-8-6-7-21(13-22)14-31-16-23(34-25(30)5-2)17-35-18-26-36-9-10-37-26/h4-8,13,20,23,26-28H,1-2,9-12,14-19H2,3H3. The van der Waals surface area contributed by atoms with Crippen LogP contribution in [0.3, 0.4) is 0 Å². The summed E-state index contributed by atoms with van der Waals surface area (Å²) >= 11 is 11.4. The Labute approximate surface area is 264 Å². The van der Waals surface area contributed by atoms with Crippen LogP contribution >= 0.6 is 70.6 Å². The quantitative estimate of drug-likeness (QED) is 0.0943. The van der Waals surface area contributed by atoms with Crippen LogP contribution < -0.4 is 0 Å². The van der Waals surface area contributed by atoms with E-state index >= 15 is 0 Å². The molecule has 2 aliphatic heterocycles. The number of carbonyl (C=O) groups is 2. The topological polar surface area (TPSA) is 71.1 Å². The molecule has 3 unspecified atom stereocenters. The van der Waals surface area contributed by atoms with E-state index in [2.05, 4.69) is 19.2 Å². The first-order valence-electron chi connectivity index (χ1n) is 13.1. The highest BCUT2D eigenvalue weighted by Crippen LogP contribution is 2.36. The van der Waals surface area contributed by atoms with Crippen molar-refractivity contribution in [2.24, 2.45) is 0 Å². The number of esters is 2. The molecular formula is C28H38O6S6. The summed E-state index contributed by atoms with van der Waals surface area (Å²) in [5.74, 6) is 6.53. The second kappa shape index (κ2) is 19.8. The largest absolute Gasteiger partial charge is 0.456 e. The molecule has 2 saturated heterocycles. The van der Waals surface area contributed by atoms with Crippen LogP contribution in [0.15, 0.2) is 49.6 Å². The van der Waals surface area contributed by atoms with Gasteiger partial charge in [-0.1, -0.05) is 37.4 Å². The molecule has 0 saturated carbocycles. The second-order valence-corrected chi connectivity index (χ2v) is 16.9. The van der Waals surface area contributed by atoms with Crippen molar-refractivity contribution >= 4 is 82.5 Å². The number of ether oxygens (including phenoxy) is 4. The number of hydrogen-bond acceptors (Lipinski definition) is 12. The first-order chi connectivity index (χ1) is 19.5. The molecule has 0 spiro atoms. The summed E-state index contributed by atoms with van der Waals surface area (Å²) < 4.78 is 24.4. The van der Waals surface area contributed by atoms with Gasteiger partial charge in [-0.05, 0) is 18.1 Å². The smallest absolute Gasteiger partial charge is 0.330 e. The van der Waals surface area contributed by atoms with Gasteiger partial charge >= 0.3 is 11.9 Å². The van der Waals surface area contributed by atoms with E-state index in [1.165, 1.54) is 35.2 Å².